The van der Waals surface area contributed by atoms with E-state index >= 15 is 0 Å². The van der Waals surface area contributed by atoms with Gasteiger partial charge in [-0.2, -0.15) is 0 Å². The highest BCUT2D eigenvalue weighted by Crippen LogP contribution is 2.33. The molecule has 0 radical (unpaired) electrons. The highest BCUT2D eigenvalue weighted by atomic mass is 16.6. The number of nitrogens with zero attached hydrogens (tertiary/aromatic N) is 4. The minimum Gasteiger partial charge on any atom is -0.465 e. The number of hydrogen-bond acceptors (Lipinski definition) is 7. The number of hydrogen-bond donors (Lipinski definition) is 0. The minimum atomic E-state index is -0.854. The van der Waals surface area contributed by atoms with Gasteiger partial charge in [0.15, 0.2) is 0 Å². The van der Waals surface area contributed by atoms with Crippen LogP contribution in [0.15, 0.2) is 36.7 Å². The average Bonchev–Trinajstić information content (AvgIpc) is 2.61. The maximum Gasteiger partial charge on any atom is 0.333 e. The van der Waals surface area contributed by atoms with E-state index in [1.54, 1.807) is 18.9 Å². The fourth-order valence-electron chi connectivity index (χ4n) is 2.47. The maximum atomic E-state index is 12.0. The third-order valence-corrected chi connectivity index (χ3v) is 3.69. The molecule has 8 heteroatoms. The zero-order valence-electron chi connectivity index (χ0n) is 14.4. The molecule has 25 heavy (non-hydrogen) atoms. The minimum absolute atomic E-state index is 0.0494. The first-order valence-electron chi connectivity index (χ1n) is 7.86. The number of ether oxygens (including phenoxy) is 1. The van der Waals surface area contributed by atoms with Gasteiger partial charge in [0.05, 0.1) is 11.5 Å². The first-order valence-corrected chi connectivity index (χ1v) is 7.86. The van der Waals surface area contributed by atoms with Crippen LogP contribution < -0.4 is 4.90 Å². The molecule has 8 nitrogen and oxygen atoms in total. The molecule has 1 aromatic carbocycles. The molecule has 0 N–H and O–H groups in total. The average molecular weight is 344 g/mol. The second kappa shape index (κ2) is 8.18. The van der Waals surface area contributed by atoms with Gasteiger partial charge in [0, 0.05) is 13.6 Å². The summed E-state index contributed by atoms with van der Waals surface area (Å²) in [6.07, 6.45) is 1.23. The van der Waals surface area contributed by atoms with Crippen LogP contribution in [0.25, 0.3) is 0 Å². The van der Waals surface area contributed by atoms with Gasteiger partial charge in [0.2, 0.25) is 5.82 Å². The van der Waals surface area contributed by atoms with E-state index in [1.165, 1.54) is 13.3 Å². The summed E-state index contributed by atoms with van der Waals surface area (Å²) in [5.41, 5.74) is 0.757. The number of carbonyl (C=O) groups excluding carboxylic acids is 1. The fraction of sp³-hybridized carbons (Fsp3) is 0.353. The Hall–Kier alpha value is -3.03. The van der Waals surface area contributed by atoms with Crippen LogP contribution in [0.1, 0.15) is 31.0 Å². The van der Waals surface area contributed by atoms with Crippen molar-refractivity contribution in [3.63, 3.8) is 0 Å². The summed E-state index contributed by atoms with van der Waals surface area (Å²) in [5.74, 6) is -1.25. The predicted molar refractivity (Wildman–Crippen MR) is 92.3 cm³/mol. The molecule has 0 amide bonds. The van der Waals surface area contributed by atoms with Gasteiger partial charge in [0.1, 0.15) is 17.9 Å². The molecule has 1 aromatic heterocycles. The van der Waals surface area contributed by atoms with Gasteiger partial charge in [0.25, 0.3) is 0 Å². The molecule has 0 aliphatic heterocycles. The molecular formula is C17H20N4O4. The Labute approximate surface area is 145 Å². The van der Waals surface area contributed by atoms with E-state index in [0.717, 1.165) is 5.56 Å². The number of carbonyl (C=O) groups is 1. The predicted octanol–water partition coefficient (Wildman–Crippen LogP) is 2.69. The largest absolute Gasteiger partial charge is 0.465 e. The number of aromatic nitrogens is 2. The molecule has 1 unspecified atom stereocenters. The summed E-state index contributed by atoms with van der Waals surface area (Å²) in [5, 5.41) is 11.6. The van der Waals surface area contributed by atoms with Crippen LogP contribution in [0.2, 0.25) is 0 Å². The summed E-state index contributed by atoms with van der Waals surface area (Å²) in [4.78, 5) is 32.8. The Bertz CT molecular complexity index is 752. The third-order valence-electron chi connectivity index (χ3n) is 3.69. The number of esters is 1. The smallest absolute Gasteiger partial charge is 0.333 e. The monoisotopic (exact) mass is 344 g/mol. The van der Waals surface area contributed by atoms with Crippen molar-refractivity contribution in [2.45, 2.75) is 26.3 Å². The highest BCUT2D eigenvalue weighted by molar-refractivity contribution is 5.80. The molecule has 2 rings (SSSR count). The van der Waals surface area contributed by atoms with Crippen molar-refractivity contribution < 1.29 is 14.5 Å². The van der Waals surface area contributed by atoms with Gasteiger partial charge in [-0.3, -0.25) is 14.9 Å². The Morgan fingerprint density at radius 1 is 1.32 bits per heavy atom. The van der Waals surface area contributed by atoms with Crippen molar-refractivity contribution in [1.29, 1.82) is 0 Å². The first-order chi connectivity index (χ1) is 12.0. The van der Waals surface area contributed by atoms with Crippen molar-refractivity contribution in [3.8, 4) is 0 Å². The summed E-state index contributed by atoms with van der Waals surface area (Å²) in [7, 11) is 1.71. The van der Waals surface area contributed by atoms with Crippen molar-refractivity contribution in [2.24, 2.45) is 0 Å². The van der Waals surface area contributed by atoms with Crippen LogP contribution >= 0.6 is 0 Å². The molecular weight excluding hydrogens is 324 g/mol. The molecule has 0 saturated heterocycles. The molecule has 1 atom stereocenters. The molecule has 0 bridgehead atoms. The van der Waals surface area contributed by atoms with E-state index in [1.807, 2.05) is 30.3 Å². The van der Waals surface area contributed by atoms with Gasteiger partial charge >= 0.3 is 11.7 Å². The summed E-state index contributed by atoms with van der Waals surface area (Å²) in [6, 6.07) is 9.53. The van der Waals surface area contributed by atoms with Gasteiger partial charge in [-0.1, -0.05) is 30.3 Å². The summed E-state index contributed by atoms with van der Waals surface area (Å²) >= 11 is 0. The standard InChI is InChI=1S/C17H20N4O4/c1-4-25-17(22)12(2)14-15(21(23)24)16(19-11-18-14)20(3)10-13-8-6-5-7-9-13/h5-9,11-12H,4,10H2,1-3H3. The molecule has 0 spiro atoms. The fourth-order valence-corrected chi connectivity index (χ4v) is 2.47. The molecule has 132 valence electrons. The van der Waals surface area contributed by atoms with Crippen LogP contribution in [0.3, 0.4) is 0 Å². The first kappa shape index (κ1) is 18.3. The Kier molecular flexibility index (Phi) is 5.99. The Balaban J connectivity index is 2.39. The lowest BCUT2D eigenvalue weighted by atomic mass is 10.1. The van der Waals surface area contributed by atoms with Crippen LogP contribution in [0.5, 0.6) is 0 Å². The summed E-state index contributed by atoms with van der Waals surface area (Å²) in [6.45, 7) is 3.85. The van der Waals surface area contributed by atoms with Gasteiger partial charge in [-0.25, -0.2) is 9.97 Å². The third kappa shape index (κ3) is 4.28. The number of benzene rings is 1. The van der Waals surface area contributed by atoms with E-state index in [-0.39, 0.29) is 23.8 Å². The maximum absolute atomic E-state index is 12.0. The lowest BCUT2D eigenvalue weighted by molar-refractivity contribution is -0.385. The van der Waals surface area contributed by atoms with Gasteiger partial charge < -0.3 is 9.64 Å². The topological polar surface area (TPSA) is 98.5 Å². The SMILES string of the molecule is CCOC(=O)C(C)c1ncnc(N(C)Cc2ccccc2)c1[N+](=O)[O-]. The normalized spacial score (nSPS) is 11.6. The van der Waals surface area contributed by atoms with Crippen molar-refractivity contribution in [3.05, 3.63) is 58.0 Å². The lowest BCUT2D eigenvalue weighted by Crippen LogP contribution is -2.22. The van der Waals surface area contributed by atoms with Crippen molar-refractivity contribution in [1.82, 2.24) is 9.97 Å². The zero-order chi connectivity index (χ0) is 18.4. The quantitative estimate of drug-likeness (QED) is 0.432. The van der Waals surface area contributed by atoms with E-state index in [9.17, 15) is 14.9 Å². The molecule has 0 fully saturated rings. The zero-order valence-corrected chi connectivity index (χ0v) is 14.4. The summed E-state index contributed by atoms with van der Waals surface area (Å²) < 4.78 is 4.95. The molecule has 2 aromatic rings. The molecule has 0 aliphatic rings. The second-order valence-electron chi connectivity index (χ2n) is 5.50. The van der Waals surface area contributed by atoms with Crippen LogP contribution in [0, 0.1) is 10.1 Å². The van der Waals surface area contributed by atoms with E-state index in [4.69, 9.17) is 4.74 Å². The van der Waals surface area contributed by atoms with Crippen molar-refractivity contribution >= 4 is 17.5 Å². The van der Waals surface area contributed by atoms with Gasteiger partial charge in [-0.15, -0.1) is 0 Å². The van der Waals surface area contributed by atoms with Gasteiger partial charge in [-0.05, 0) is 19.4 Å². The molecule has 0 saturated carbocycles. The Morgan fingerprint density at radius 3 is 2.60 bits per heavy atom. The van der Waals surface area contributed by atoms with E-state index in [2.05, 4.69) is 9.97 Å². The van der Waals surface area contributed by atoms with E-state index in [0.29, 0.717) is 6.54 Å². The van der Waals surface area contributed by atoms with E-state index < -0.39 is 16.8 Å². The van der Waals surface area contributed by atoms with Crippen LogP contribution in [0.4, 0.5) is 11.5 Å². The highest BCUT2D eigenvalue weighted by Gasteiger charge is 2.32. The molecule has 0 aliphatic carbocycles. The van der Waals surface area contributed by atoms with Crippen LogP contribution in [-0.4, -0.2) is 34.5 Å². The lowest BCUT2D eigenvalue weighted by Gasteiger charge is -2.19. The van der Waals surface area contributed by atoms with Crippen molar-refractivity contribution in [2.75, 3.05) is 18.6 Å². The Morgan fingerprint density at radius 2 is 2.00 bits per heavy atom. The number of rotatable bonds is 7. The van der Waals surface area contributed by atoms with Crippen LogP contribution in [-0.2, 0) is 16.1 Å². The number of nitro groups is 1. The molecule has 1 heterocycles. The number of anilines is 1. The second-order valence-corrected chi connectivity index (χ2v) is 5.50.